The van der Waals surface area contributed by atoms with Crippen LogP contribution in [0.1, 0.15) is 36.5 Å². The summed E-state index contributed by atoms with van der Waals surface area (Å²) in [6.45, 7) is 3.03. The van der Waals surface area contributed by atoms with Crippen molar-refractivity contribution < 1.29 is 19.0 Å². The van der Waals surface area contributed by atoms with Gasteiger partial charge in [-0.05, 0) is 25.5 Å². The average Bonchev–Trinajstić information content (AvgIpc) is 2.62. The Kier molecular flexibility index (Phi) is 6.46. The third-order valence-corrected chi connectivity index (χ3v) is 3.95. The number of aryl methyl sites for hydroxylation is 1. The zero-order chi connectivity index (χ0) is 19.2. The highest BCUT2D eigenvalue weighted by atomic mass is 19.1. The molecule has 3 N–H and O–H groups in total. The predicted octanol–water partition coefficient (Wildman–Crippen LogP) is 3.24. The highest BCUT2D eigenvalue weighted by Gasteiger charge is 2.36. The van der Waals surface area contributed by atoms with Gasteiger partial charge >= 0.3 is 0 Å². The molecule has 2 aromatic rings. The number of carbonyl (C=O) groups excluding carboxylic acids is 1. The monoisotopic (exact) mass is 358 g/mol. The van der Waals surface area contributed by atoms with Gasteiger partial charge in [0.2, 0.25) is 17.5 Å². The Bertz CT molecular complexity index is 780. The molecule has 1 amide bonds. The first-order valence-electron chi connectivity index (χ1n) is 8.37. The van der Waals surface area contributed by atoms with E-state index in [0.717, 1.165) is 5.56 Å². The maximum absolute atomic E-state index is 14.2. The van der Waals surface area contributed by atoms with E-state index in [-0.39, 0.29) is 30.4 Å². The number of rotatable bonds is 7. The number of hydrogen-bond donors (Lipinski definition) is 3. The molecule has 0 aliphatic rings. The van der Waals surface area contributed by atoms with Crippen molar-refractivity contribution in [1.29, 1.82) is 5.41 Å². The first-order valence-corrected chi connectivity index (χ1v) is 8.37. The fourth-order valence-electron chi connectivity index (χ4n) is 2.78. The van der Waals surface area contributed by atoms with E-state index in [2.05, 4.69) is 5.32 Å². The van der Waals surface area contributed by atoms with Gasteiger partial charge in [-0.2, -0.15) is 0 Å². The van der Waals surface area contributed by atoms with Gasteiger partial charge in [0.05, 0.1) is 5.56 Å². The molecule has 0 aliphatic heterocycles. The minimum atomic E-state index is -1.37. The Balaban J connectivity index is 2.46. The number of aliphatic hydroxyl groups is 1. The number of nitrogens with one attached hydrogen (secondary N) is 2. The van der Waals surface area contributed by atoms with Crippen LogP contribution in [0.5, 0.6) is 0 Å². The summed E-state index contributed by atoms with van der Waals surface area (Å²) in [5.74, 6) is -1.32. The maximum Gasteiger partial charge on any atom is 0.220 e. The summed E-state index contributed by atoms with van der Waals surface area (Å²) in [6.07, 6.45) is 0.557. The van der Waals surface area contributed by atoms with Crippen molar-refractivity contribution in [3.63, 3.8) is 0 Å². The second-order valence-electron chi connectivity index (χ2n) is 6.12. The summed E-state index contributed by atoms with van der Waals surface area (Å²) in [4.78, 5) is 11.8. The van der Waals surface area contributed by atoms with Gasteiger partial charge in [0.1, 0.15) is 5.82 Å². The van der Waals surface area contributed by atoms with E-state index >= 15 is 0 Å². The van der Waals surface area contributed by atoms with Gasteiger partial charge in [-0.15, -0.1) is 0 Å². The molecular formula is C20H23FN2O3. The van der Waals surface area contributed by atoms with Gasteiger partial charge in [0, 0.05) is 25.5 Å². The SMILES string of the molecule is CC(=O)NC(CCCO)(OC(=N)c1cc(C)ccc1F)c1ccccc1. The van der Waals surface area contributed by atoms with Crippen LogP contribution in [0.25, 0.3) is 0 Å². The van der Waals surface area contributed by atoms with Gasteiger partial charge in [0.25, 0.3) is 0 Å². The molecule has 0 heterocycles. The number of aliphatic hydroxyl groups excluding tert-OH is 1. The van der Waals surface area contributed by atoms with Crippen LogP contribution in [-0.2, 0) is 15.3 Å². The number of carbonyl (C=O) groups is 1. The van der Waals surface area contributed by atoms with E-state index < -0.39 is 11.5 Å². The van der Waals surface area contributed by atoms with E-state index in [1.54, 1.807) is 37.3 Å². The maximum atomic E-state index is 14.2. The van der Waals surface area contributed by atoms with Crippen LogP contribution in [0.2, 0.25) is 0 Å². The van der Waals surface area contributed by atoms with Crippen LogP contribution in [-0.4, -0.2) is 23.5 Å². The topological polar surface area (TPSA) is 82.4 Å². The Morgan fingerprint density at radius 1 is 1.27 bits per heavy atom. The summed E-state index contributed by atoms with van der Waals surface area (Å²) in [6, 6.07) is 13.3. The van der Waals surface area contributed by atoms with Gasteiger partial charge < -0.3 is 15.2 Å². The molecule has 1 unspecified atom stereocenters. The second kappa shape index (κ2) is 8.58. The molecule has 0 aromatic heterocycles. The fraction of sp³-hybridized carbons (Fsp3) is 0.300. The van der Waals surface area contributed by atoms with Crippen molar-refractivity contribution in [3.8, 4) is 0 Å². The third kappa shape index (κ3) is 4.67. The summed E-state index contributed by atoms with van der Waals surface area (Å²) in [5, 5.41) is 20.3. The molecule has 138 valence electrons. The van der Waals surface area contributed by atoms with Gasteiger partial charge in [-0.1, -0.05) is 42.0 Å². The van der Waals surface area contributed by atoms with Crippen molar-refractivity contribution in [3.05, 3.63) is 71.0 Å². The second-order valence-corrected chi connectivity index (χ2v) is 6.12. The molecule has 0 saturated carbocycles. The lowest BCUT2D eigenvalue weighted by molar-refractivity contribution is -0.127. The molecule has 0 saturated heterocycles. The first-order chi connectivity index (χ1) is 12.4. The van der Waals surface area contributed by atoms with Crippen molar-refractivity contribution in [2.75, 3.05) is 6.61 Å². The van der Waals surface area contributed by atoms with E-state index in [1.807, 2.05) is 6.07 Å². The van der Waals surface area contributed by atoms with Crippen molar-refractivity contribution in [1.82, 2.24) is 5.32 Å². The third-order valence-electron chi connectivity index (χ3n) is 3.95. The van der Waals surface area contributed by atoms with E-state index in [9.17, 15) is 14.3 Å². The molecule has 0 spiro atoms. The van der Waals surface area contributed by atoms with Crippen LogP contribution in [0.3, 0.4) is 0 Å². The predicted molar refractivity (Wildman–Crippen MR) is 97.3 cm³/mol. The zero-order valence-corrected chi connectivity index (χ0v) is 14.9. The Morgan fingerprint density at radius 3 is 2.58 bits per heavy atom. The van der Waals surface area contributed by atoms with Gasteiger partial charge in [-0.3, -0.25) is 10.2 Å². The highest BCUT2D eigenvalue weighted by Crippen LogP contribution is 2.30. The molecule has 1 atom stereocenters. The Labute approximate surface area is 152 Å². The average molecular weight is 358 g/mol. The lowest BCUT2D eigenvalue weighted by Gasteiger charge is -2.35. The Hall–Kier alpha value is -2.73. The molecule has 0 aliphatic carbocycles. The molecule has 26 heavy (non-hydrogen) atoms. The standard InChI is InChI=1S/C20H23FN2O3/c1-14-9-10-18(21)17(13-14)19(22)26-20(11-6-12-24,23-15(2)25)16-7-4-3-5-8-16/h3-5,7-10,13,22,24H,6,11-12H2,1-2H3,(H,23,25). The molecule has 0 bridgehead atoms. The molecule has 5 nitrogen and oxygen atoms in total. The lowest BCUT2D eigenvalue weighted by Crippen LogP contribution is -2.48. The van der Waals surface area contributed by atoms with Crippen LogP contribution in [0.15, 0.2) is 48.5 Å². The van der Waals surface area contributed by atoms with Gasteiger partial charge in [0.15, 0.2) is 0 Å². The van der Waals surface area contributed by atoms with E-state index in [4.69, 9.17) is 10.1 Å². The van der Waals surface area contributed by atoms with Crippen LogP contribution < -0.4 is 5.32 Å². The summed E-state index contributed by atoms with van der Waals surface area (Å²) < 4.78 is 20.0. The van der Waals surface area contributed by atoms with E-state index in [0.29, 0.717) is 12.0 Å². The summed E-state index contributed by atoms with van der Waals surface area (Å²) in [7, 11) is 0. The number of ether oxygens (including phenoxy) is 1. The molecular weight excluding hydrogens is 335 g/mol. The van der Waals surface area contributed by atoms with Crippen molar-refractivity contribution in [2.45, 2.75) is 32.4 Å². The fourth-order valence-corrected chi connectivity index (χ4v) is 2.78. The number of amides is 1. The van der Waals surface area contributed by atoms with Crippen LogP contribution in [0, 0.1) is 18.2 Å². The highest BCUT2D eigenvalue weighted by molar-refractivity contribution is 5.92. The first kappa shape index (κ1) is 19.6. The zero-order valence-electron chi connectivity index (χ0n) is 14.9. The lowest BCUT2D eigenvalue weighted by atomic mass is 9.96. The number of benzene rings is 2. The molecule has 2 rings (SSSR count). The number of halogens is 1. The minimum absolute atomic E-state index is 0.0136. The number of hydrogen-bond acceptors (Lipinski definition) is 4. The molecule has 0 fully saturated rings. The molecule has 2 aromatic carbocycles. The van der Waals surface area contributed by atoms with Crippen LogP contribution in [0.4, 0.5) is 4.39 Å². The quantitative estimate of drug-likeness (QED) is 0.404. The van der Waals surface area contributed by atoms with Crippen molar-refractivity contribution >= 4 is 11.8 Å². The minimum Gasteiger partial charge on any atom is -0.447 e. The van der Waals surface area contributed by atoms with Gasteiger partial charge in [-0.25, -0.2) is 4.39 Å². The van der Waals surface area contributed by atoms with Crippen molar-refractivity contribution in [2.24, 2.45) is 0 Å². The summed E-state index contributed by atoms with van der Waals surface area (Å²) >= 11 is 0. The smallest absolute Gasteiger partial charge is 0.220 e. The molecule has 0 radical (unpaired) electrons. The Morgan fingerprint density at radius 2 is 1.96 bits per heavy atom. The van der Waals surface area contributed by atoms with E-state index in [1.165, 1.54) is 19.1 Å². The largest absolute Gasteiger partial charge is 0.447 e. The normalized spacial score (nSPS) is 12.9. The van der Waals surface area contributed by atoms with Crippen LogP contribution >= 0.6 is 0 Å². The molecule has 6 heteroatoms. The summed E-state index contributed by atoms with van der Waals surface area (Å²) in [5.41, 5.74) is 0.0411.